The van der Waals surface area contributed by atoms with Gasteiger partial charge in [-0.3, -0.25) is 4.72 Å². The third-order valence-electron chi connectivity index (χ3n) is 3.48. The summed E-state index contributed by atoms with van der Waals surface area (Å²) in [6.07, 6.45) is 3.18. The predicted octanol–water partition coefficient (Wildman–Crippen LogP) is 4.67. The van der Waals surface area contributed by atoms with E-state index in [1.165, 1.54) is 23.1 Å². The lowest BCUT2D eigenvalue weighted by molar-refractivity contribution is 0.593. The molecule has 0 aliphatic carbocycles. The Bertz CT molecular complexity index is 941. The minimum absolute atomic E-state index is 0.302. The summed E-state index contributed by atoms with van der Waals surface area (Å²) in [6.45, 7) is 2.02. The van der Waals surface area contributed by atoms with Crippen LogP contribution < -0.4 is 4.72 Å². The summed E-state index contributed by atoms with van der Waals surface area (Å²) < 4.78 is 27.5. The van der Waals surface area contributed by atoms with Gasteiger partial charge in [0.05, 0.1) is 0 Å². The lowest BCUT2D eigenvalue weighted by Gasteiger charge is -2.01. The zero-order valence-electron chi connectivity index (χ0n) is 13.1. The first-order chi connectivity index (χ1) is 11.5. The first-order valence-corrected chi connectivity index (χ1v) is 9.75. The molecule has 0 aliphatic rings. The first kappa shape index (κ1) is 16.5. The molecule has 3 nitrogen and oxygen atoms in total. The van der Waals surface area contributed by atoms with Gasteiger partial charge in [0.2, 0.25) is 0 Å². The number of nitrogens with one attached hydrogen (secondary N) is 1. The van der Waals surface area contributed by atoms with Gasteiger partial charge in [0.1, 0.15) is 4.21 Å². The molecule has 0 radical (unpaired) electrons. The molecule has 0 atom stereocenters. The van der Waals surface area contributed by atoms with Crippen LogP contribution in [0.4, 0.5) is 0 Å². The highest BCUT2D eigenvalue weighted by Gasteiger charge is 2.15. The summed E-state index contributed by atoms with van der Waals surface area (Å²) in [6, 6.07) is 21.1. The Morgan fingerprint density at radius 3 is 2.33 bits per heavy atom. The topological polar surface area (TPSA) is 46.2 Å². The minimum atomic E-state index is -3.54. The molecule has 1 N–H and O–H groups in total. The Kier molecular flexibility index (Phi) is 4.83. The second kappa shape index (κ2) is 7.03. The van der Waals surface area contributed by atoms with E-state index in [1.54, 1.807) is 12.1 Å². The van der Waals surface area contributed by atoms with E-state index >= 15 is 0 Å². The van der Waals surface area contributed by atoms with Crippen molar-refractivity contribution < 1.29 is 8.42 Å². The van der Waals surface area contributed by atoms with Crippen LogP contribution in [0.1, 0.15) is 11.1 Å². The molecular weight excluding hydrogens is 338 g/mol. The SMILES string of the molecule is Cc1ccc(-c2ccc(S(=O)(=O)NC=Cc3ccccc3)s2)cc1. The fourth-order valence-corrected chi connectivity index (χ4v) is 4.39. The Hall–Kier alpha value is -2.37. The molecule has 1 aromatic heterocycles. The van der Waals surface area contributed by atoms with Crippen molar-refractivity contribution in [3.8, 4) is 10.4 Å². The summed E-state index contributed by atoms with van der Waals surface area (Å²) in [5, 5.41) is 0. The van der Waals surface area contributed by atoms with E-state index in [4.69, 9.17) is 0 Å². The van der Waals surface area contributed by atoms with E-state index in [-0.39, 0.29) is 0 Å². The van der Waals surface area contributed by atoms with Gasteiger partial charge in [0.25, 0.3) is 10.0 Å². The first-order valence-electron chi connectivity index (χ1n) is 7.45. The second-order valence-electron chi connectivity index (χ2n) is 5.35. The second-order valence-corrected chi connectivity index (χ2v) is 8.37. The zero-order valence-corrected chi connectivity index (χ0v) is 14.8. The summed E-state index contributed by atoms with van der Waals surface area (Å²) in [7, 11) is -3.54. The maximum atomic E-state index is 12.4. The van der Waals surface area contributed by atoms with Crippen LogP contribution in [0.15, 0.2) is 77.1 Å². The van der Waals surface area contributed by atoms with Crippen molar-refractivity contribution in [2.24, 2.45) is 0 Å². The third kappa shape index (κ3) is 3.93. The van der Waals surface area contributed by atoms with Crippen LogP contribution in [0.5, 0.6) is 0 Å². The van der Waals surface area contributed by atoms with Crippen LogP contribution in [0.25, 0.3) is 16.5 Å². The van der Waals surface area contributed by atoms with E-state index in [2.05, 4.69) is 4.72 Å². The van der Waals surface area contributed by atoms with Crippen molar-refractivity contribution in [3.63, 3.8) is 0 Å². The molecule has 0 unspecified atom stereocenters. The molecule has 122 valence electrons. The van der Waals surface area contributed by atoms with E-state index in [0.29, 0.717) is 4.21 Å². The van der Waals surface area contributed by atoms with Crippen molar-refractivity contribution in [1.29, 1.82) is 0 Å². The Balaban J connectivity index is 1.76. The summed E-state index contributed by atoms with van der Waals surface area (Å²) in [4.78, 5) is 0.933. The summed E-state index contributed by atoms with van der Waals surface area (Å²) >= 11 is 1.26. The van der Waals surface area contributed by atoms with Crippen LogP contribution in [0.2, 0.25) is 0 Å². The number of hydrogen-bond donors (Lipinski definition) is 1. The van der Waals surface area contributed by atoms with E-state index in [1.807, 2.05) is 67.6 Å². The van der Waals surface area contributed by atoms with E-state index in [0.717, 1.165) is 16.0 Å². The molecule has 3 rings (SSSR count). The number of hydrogen-bond acceptors (Lipinski definition) is 3. The van der Waals surface area contributed by atoms with Gasteiger partial charge in [-0.25, -0.2) is 8.42 Å². The lowest BCUT2D eigenvalue weighted by atomic mass is 10.1. The molecule has 5 heteroatoms. The Labute approximate surface area is 146 Å². The molecular formula is C19H17NO2S2. The van der Waals surface area contributed by atoms with Crippen molar-refractivity contribution in [1.82, 2.24) is 4.72 Å². The highest BCUT2D eigenvalue weighted by molar-refractivity contribution is 7.91. The van der Waals surface area contributed by atoms with E-state index in [9.17, 15) is 8.42 Å². The molecule has 0 aliphatic heterocycles. The van der Waals surface area contributed by atoms with Crippen LogP contribution in [-0.4, -0.2) is 8.42 Å². The van der Waals surface area contributed by atoms with Gasteiger partial charge in [0, 0.05) is 11.1 Å². The third-order valence-corrected chi connectivity index (χ3v) is 6.43. The molecule has 0 saturated heterocycles. The number of benzene rings is 2. The maximum Gasteiger partial charge on any atom is 0.270 e. The average Bonchev–Trinajstić information content (AvgIpc) is 3.07. The summed E-state index contributed by atoms with van der Waals surface area (Å²) in [5.74, 6) is 0. The minimum Gasteiger partial charge on any atom is -0.286 e. The van der Waals surface area contributed by atoms with Crippen LogP contribution in [0.3, 0.4) is 0 Å². The van der Waals surface area contributed by atoms with Crippen molar-refractivity contribution in [3.05, 3.63) is 84.1 Å². The van der Waals surface area contributed by atoms with Gasteiger partial charge in [-0.05, 0) is 36.3 Å². The monoisotopic (exact) mass is 355 g/mol. The van der Waals surface area contributed by atoms with Crippen LogP contribution >= 0.6 is 11.3 Å². The molecule has 0 saturated carbocycles. The van der Waals surface area contributed by atoms with Crippen molar-refractivity contribution >= 4 is 27.4 Å². The highest BCUT2D eigenvalue weighted by atomic mass is 32.2. The normalized spacial score (nSPS) is 11.7. The Morgan fingerprint density at radius 1 is 0.917 bits per heavy atom. The van der Waals surface area contributed by atoms with Gasteiger partial charge in [-0.15, -0.1) is 11.3 Å². The van der Waals surface area contributed by atoms with Gasteiger partial charge < -0.3 is 0 Å². The molecule has 1 heterocycles. The molecule has 2 aromatic carbocycles. The number of sulfonamides is 1. The largest absolute Gasteiger partial charge is 0.286 e. The van der Waals surface area contributed by atoms with Gasteiger partial charge in [-0.1, -0.05) is 60.2 Å². The lowest BCUT2D eigenvalue weighted by Crippen LogP contribution is -2.16. The van der Waals surface area contributed by atoms with Crippen LogP contribution in [-0.2, 0) is 10.0 Å². The van der Waals surface area contributed by atoms with Crippen molar-refractivity contribution in [2.75, 3.05) is 0 Å². The highest BCUT2D eigenvalue weighted by Crippen LogP contribution is 2.30. The molecule has 3 aromatic rings. The predicted molar refractivity (Wildman–Crippen MR) is 100 cm³/mol. The summed E-state index contributed by atoms with van der Waals surface area (Å²) in [5.41, 5.74) is 3.13. The molecule has 0 bridgehead atoms. The number of thiophene rings is 1. The number of aryl methyl sites for hydroxylation is 1. The van der Waals surface area contributed by atoms with Gasteiger partial charge >= 0.3 is 0 Å². The number of rotatable bonds is 5. The van der Waals surface area contributed by atoms with Crippen molar-refractivity contribution in [2.45, 2.75) is 11.1 Å². The van der Waals surface area contributed by atoms with E-state index < -0.39 is 10.0 Å². The zero-order chi connectivity index (χ0) is 17.0. The quantitative estimate of drug-likeness (QED) is 0.723. The molecule has 0 spiro atoms. The molecule has 24 heavy (non-hydrogen) atoms. The fourth-order valence-electron chi connectivity index (χ4n) is 2.18. The van der Waals surface area contributed by atoms with Crippen LogP contribution in [0, 0.1) is 6.92 Å². The molecule has 0 fully saturated rings. The smallest absolute Gasteiger partial charge is 0.270 e. The standard InChI is InChI=1S/C19H17NO2S2/c1-15-7-9-17(10-8-15)18-11-12-19(23-18)24(21,22)20-14-13-16-5-3-2-4-6-16/h2-14,20H,1H3. The maximum absolute atomic E-state index is 12.4. The molecule has 0 amide bonds. The van der Waals surface area contributed by atoms with Gasteiger partial charge in [-0.2, -0.15) is 0 Å². The van der Waals surface area contributed by atoms with Gasteiger partial charge in [0.15, 0.2) is 0 Å². The average molecular weight is 355 g/mol. The Morgan fingerprint density at radius 2 is 1.62 bits per heavy atom. The fraction of sp³-hybridized carbons (Fsp3) is 0.0526.